The van der Waals surface area contributed by atoms with Crippen molar-refractivity contribution in [3.05, 3.63) is 17.4 Å². The third-order valence-electron chi connectivity index (χ3n) is 2.41. The van der Waals surface area contributed by atoms with Gasteiger partial charge in [0.1, 0.15) is 0 Å². The van der Waals surface area contributed by atoms with E-state index in [1.807, 2.05) is 4.90 Å². The predicted octanol–water partition coefficient (Wildman–Crippen LogP) is 0.314. The van der Waals surface area contributed by atoms with Crippen molar-refractivity contribution in [1.82, 2.24) is 5.32 Å². The van der Waals surface area contributed by atoms with Gasteiger partial charge in [0.25, 0.3) is 0 Å². The molecule has 1 N–H and O–H groups in total. The molecule has 1 aromatic rings. The van der Waals surface area contributed by atoms with E-state index >= 15 is 0 Å². The molecule has 0 spiro atoms. The Bertz CT molecular complexity index is 367. The Morgan fingerprint density at radius 1 is 1.27 bits per heavy atom. The molecule has 0 radical (unpaired) electrons. The van der Waals surface area contributed by atoms with Crippen molar-refractivity contribution in [3.63, 3.8) is 0 Å². The van der Waals surface area contributed by atoms with E-state index in [2.05, 4.69) is 5.32 Å². The van der Waals surface area contributed by atoms with Gasteiger partial charge in [-0.15, -0.1) is 0 Å². The minimum Gasteiger partial charge on any atom is -0.437 e. The lowest BCUT2D eigenvalue weighted by molar-refractivity contribution is 0.109. The molecular weight excluding hydrogens is 196 g/mol. The van der Waals surface area contributed by atoms with Gasteiger partial charge in [-0.3, -0.25) is 9.59 Å². The van der Waals surface area contributed by atoms with Crippen LogP contribution in [0.2, 0.25) is 0 Å². The van der Waals surface area contributed by atoms with Crippen LogP contribution in [0, 0.1) is 0 Å². The zero-order chi connectivity index (χ0) is 10.7. The molecule has 0 unspecified atom stereocenters. The van der Waals surface area contributed by atoms with Gasteiger partial charge in [-0.2, -0.15) is 0 Å². The van der Waals surface area contributed by atoms with Gasteiger partial charge in [0.2, 0.25) is 5.88 Å². The summed E-state index contributed by atoms with van der Waals surface area (Å²) in [5, 5.41) is 3.20. The molecule has 1 saturated heterocycles. The fourth-order valence-electron chi connectivity index (χ4n) is 1.67. The summed E-state index contributed by atoms with van der Waals surface area (Å²) in [6.07, 6.45) is 1.33. The Kier molecular flexibility index (Phi) is 2.82. The van der Waals surface area contributed by atoms with Gasteiger partial charge in [-0.25, -0.2) is 0 Å². The van der Waals surface area contributed by atoms with Crippen molar-refractivity contribution in [2.75, 3.05) is 31.1 Å². The van der Waals surface area contributed by atoms with Crippen LogP contribution in [0.25, 0.3) is 0 Å². The molecule has 5 heteroatoms. The number of hydrogen-bond acceptors (Lipinski definition) is 5. The molecule has 0 bridgehead atoms. The number of nitrogens with zero attached hydrogens (tertiary/aromatic N) is 1. The standard InChI is InChI=1S/C10H12N2O3/c13-6-8-5-9(7-14)15-10(8)12-3-1-11-2-4-12/h5-7,11H,1-4H2. The SMILES string of the molecule is O=Cc1cc(C=O)c(N2CCNCC2)o1. The second-order valence-corrected chi connectivity index (χ2v) is 3.38. The number of piperazine rings is 1. The maximum Gasteiger partial charge on any atom is 0.207 e. The van der Waals surface area contributed by atoms with E-state index in [1.54, 1.807) is 0 Å². The van der Waals surface area contributed by atoms with Gasteiger partial charge in [-0.05, 0) is 0 Å². The van der Waals surface area contributed by atoms with Gasteiger partial charge in [-0.1, -0.05) is 0 Å². The lowest BCUT2D eigenvalue weighted by atomic mass is 10.3. The summed E-state index contributed by atoms with van der Waals surface area (Å²) in [5.41, 5.74) is 0.444. The molecule has 5 nitrogen and oxygen atoms in total. The zero-order valence-corrected chi connectivity index (χ0v) is 8.23. The molecule has 1 aromatic heterocycles. The second-order valence-electron chi connectivity index (χ2n) is 3.38. The normalized spacial score (nSPS) is 16.4. The average molecular weight is 208 g/mol. The van der Waals surface area contributed by atoms with Gasteiger partial charge in [0.15, 0.2) is 18.3 Å². The van der Waals surface area contributed by atoms with Crippen LogP contribution in [0.5, 0.6) is 0 Å². The van der Waals surface area contributed by atoms with E-state index in [9.17, 15) is 9.59 Å². The lowest BCUT2D eigenvalue weighted by Gasteiger charge is -2.27. The monoisotopic (exact) mass is 208 g/mol. The van der Waals surface area contributed by atoms with E-state index in [-0.39, 0.29) is 5.76 Å². The average Bonchev–Trinajstić information content (AvgIpc) is 2.73. The maximum absolute atomic E-state index is 10.8. The summed E-state index contributed by atoms with van der Waals surface area (Å²) < 4.78 is 5.29. The first-order valence-electron chi connectivity index (χ1n) is 4.85. The topological polar surface area (TPSA) is 62.6 Å². The molecule has 0 amide bonds. The zero-order valence-electron chi connectivity index (χ0n) is 8.23. The van der Waals surface area contributed by atoms with Crippen LogP contribution in [-0.2, 0) is 0 Å². The molecule has 0 atom stereocenters. The molecule has 0 aromatic carbocycles. The highest BCUT2D eigenvalue weighted by Gasteiger charge is 2.18. The van der Waals surface area contributed by atoms with Gasteiger partial charge in [0.05, 0.1) is 5.56 Å². The van der Waals surface area contributed by atoms with Crippen molar-refractivity contribution >= 4 is 18.5 Å². The third-order valence-corrected chi connectivity index (χ3v) is 2.41. The quantitative estimate of drug-likeness (QED) is 0.724. The minimum atomic E-state index is 0.200. The number of hydrogen-bond donors (Lipinski definition) is 1. The van der Waals surface area contributed by atoms with Crippen LogP contribution in [0.3, 0.4) is 0 Å². The molecule has 0 aliphatic carbocycles. The Morgan fingerprint density at radius 2 is 2.00 bits per heavy atom. The first kappa shape index (κ1) is 9.92. The van der Waals surface area contributed by atoms with Crippen LogP contribution in [-0.4, -0.2) is 38.8 Å². The molecule has 1 fully saturated rings. The first-order chi connectivity index (χ1) is 7.35. The van der Waals surface area contributed by atoms with Gasteiger partial charge in [0, 0.05) is 32.2 Å². The molecule has 80 valence electrons. The van der Waals surface area contributed by atoms with Crippen LogP contribution < -0.4 is 10.2 Å². The van der Waals surface area contributed by atoms with Crippen molar-refractivity contribution in [3.8, 4) is 0 Å². The molecule has 1 aliphatic heterocycles. The number of carbonyl (C=O) groups is 2. The number of furan rings is 1. The van der Waals surface area contributed by atoms with Crippen molar-refractivity contribution in [1.29, 1.82) is 0 Å². The summed E-state index contributed by atoms with van der Waals surface area (Å²) in [7, 11) is 0. The van der Waals surface area contributed by atoms with Crippen LogP contribution in [0.15, 0.2) is 10.5 Å². The van der Waals surface area contributed by atoms with E-state index in [1.165, 1.54) is 6.07 Å². The second kappa shape index (κ2) is 4.27. The van der Waals surface area contributed by atoms with E-state index in [4.69, 9.17) is 4.42 Å². The van der Waals surface area contributed by atoms with E-state index in [0.717, 1.165) is 26.2 Å². The van der Waals surface area contributed by atoms with E-state index in [0.29, 0.717) is 24.0 Å². The predicted molar refractivity (Wildman–Crippen MR) is 54.6 cm³/mol. The summed E-state index contributed by atoms with van der Waals surface area (Å²) in [4.78, 5) is 23.3. The molecule has 0 saturated carbocycles. The van der Waals surface area contributed by atoms with Crippen LogP contribution in [0.1, 0.15) is 20.9 Å². The smallest absolute Gasteiger partial charge is 0.207 e. The summed E-state index contributed by atoms with van der Waals surface area (Å²) in [5.74, 6) is 0.708. The van der Waals surface area contributed by atoms with E-state index < -0.39 is 0 Å². The molecule has 1 aliphatic rings. The number of anilines is 1. The Hall–Kier alpha value is -1.62. The third kappa shape index (κ3) is 1.92. The van der Waals surface area contributed by atoms with Gasteiger partial charge < -0.3 is 14.6 Å². The van der Waals surface area contributed by atoms with Crippen molar-refractivity contribution in [2.45, 2.75) is 0 Å². The summed E-state index contributed by atoms with van der Waals surface area (Å²) in [6.45, 7) is 3.28. The Morgan fingerprint density at radius 3 is 2.60 bits per heavy atom. The van der Waals surface area contributed by atoms with Crippen molar-refractivity contribution < 1.29 is 14.0 Å². The van der Waals surface area contributed by atoms with Crippen LogP contribution >= 0.6 is 0 Å². The maximum atomic E-state index is 10.8. The number of carbonyl (C=O) groups excluding carboxylic acids is 2. The minimum absolute atomic E-state index is 0.200. The number of nitrogens with one attached hydrogen (secondary N) is 1. The lowest BCUT2D eigenvalue weighted by Crippen LogP contribution is -2.43. The largest absolute Gasteiger partial charge is 0.437 e. The molecule has 2 rings (SSSR count). The first-order valence-corrected chi connectivity index (χ1v) is 4.85. The highest BCUT2D eigenvalue weighted by molar-refractivity contribution is 5.86. The molecule has 15 heavy (non-hydrogen) atoms. The highest BCUT2D eigenvalue weighted by Crippen LogP contribution is 2.23. The summed E-state index contributed by atoms with van der Waals surface area (Å²) in [6, 6.07) is 1.47. The number of rotatable bonds is 3. The van der Waals surface area contributed by atoms with Gasteiger partial charge >= 0.3 is 0 Å². The fourth-order valence-corrected chi connectivity index (χ4v) is 1.67. The highest BCUT2D eigenvalue weighted by atomic mass is 16.4. The number of aldehydes is 2. The fraction of sp³-hybridized carbons (Fsp3) is 0.400. The molecular formula is C10H12N2O3. The summed E-state index contributed by atoms with van der Waals surface area (Å²) >= 11 is 0. The van der Waals surface area contributed by atoms with Crippen LogP contribution in [0.4, 0.5) is 5.88 Å². The van der Waals surface area contributed by atoms with Crippen molar-refractivity contribution in [2.24, 2.45) is 0 Å². The Labute approximate surface area is 87.0 Å². The Balaban J connectivity index is 2.27. The molecule has 2 heterocycles.